The largest absolute Gasteiger partial charge is 0.488 e. The summed E-state index contributed by atoms with van der Waals surface area (Å²) in [5, 5.41) is 18.1. The van der Waals surface area contributed by atoms with Crippen LogP contribution in [0.1, 0.15) is 30.0 Å². The number of hydrogen-bond acceptors (Lipinski definition) is 6. The molecule has 8 heteroatoms. The van der Waals surface area contributed by atoms with E-state index in [4.69, 9.17) is 19.3 Å². The molecule has 0 radical (unpaired) electrons. The summed E-state index contributed by atoms with van der Waals surface area (Å²) in [6.45, 7) is 3.15. The van der Waals surface area contributed by atoms with Gasteiger partial charge in [-0.05, 0) is 76.9 Å². The molecule has 0 aromatic heterocycles. The molecular formula is C26H29FO6S. The SMILES string of the molecule is CSc1ccc(/C=C2\C(C)=C(CC(=O)O)c3cc(OCCOCCOCCO)c(F)cc32)cc1. The molecule has 6 nitrogen and oxygen atoms in total. The first kappa shape index (κ1) is 26.0. The van der Waals surface area contributed by atoms with Gasteiger partial charge in [-0.25, -0.2) is 4.39 Å². The van der Waals surface area contributed by atoms with Crippen LogP contribution in [0.3, 0.4) is 0 Å². The Kier molecular flexibility index (Phi) is 9.71. The van der Waals surface area contributed by atoms with E-state index >= 15 is 0 Å². The third kappa shape index (κ3) is 6.70. The topological polar surface area (TPSA) is 85.2 Å². The van der Waals surface area contributed by atoms with Gasteiger partial charge in [0.05, 0.1) is 39.5 Å². The highest BCUT2D eigenvalue weighted by Crippen LogP contribution is 2.45. The van der Waals surface area contributed by atoms with E-state index in [0.717, 1.165) is 21.6 Å². The van der Waals surface area contributed by atoms with E-state index in [9.17, 15) is 14.3 Å². The van der Waals surface area contributed by atoms with Crippen molar-refractivity contribution in [2.45, 2.75) is 18.2 Å². The number of benzene rings is 2. The number of aliphatic hydroxyl groups excluding tert-OH is 1. The van der Waals surface area contributed by atoms with Gasteiger partial charge in [-0.15, -0.1) is 11.8 Å². The number of halogens is 1. The summed E-state index contributed by atoms with van der Waals surface area (Å²) < 4.78 is 31.0. The lowest BCUT2D eigenvalue weighted by atomic mass is 10.00. The maximum atomic E-state index is 14.9. The van der Waals surface area contributed by atoms with Crippen molar-refractivity contribution in [3.63, 3.8) is 0 Å². The predicted molar refractivity (Wildman–Crippen MR) is 132 cm³/mol. The molecule has 2 N–H and O–H groups in total. The zero-order valence-corrected chi connectivity index (χ0v) is 20.1. The van der Waals surface area contributed by atoms with Gasteiger partial charge in [0.15, 0.2) is 11.6 Å². The zero-order valence-electron chi connectivity index (χ0n) is 19.3. The predicted octanol–water partition coefficient (Wildman–Crippen LogP) is 4.75. The molecule has 0 aliphatic heterocycles. The molecule has 0 unspecified atom stereocenters. The van der Waals surface area contributed by atoms with Crippen molar-refractivity contribution in [1.29, 1.82) is 0 Å². The van der Waals surface area contributed by atoms with Gasteiger partial charge in [-0.1, -0.05) is 12.1 Å². The van der Waals surface area contributed by atoms with Crippen LogP contribution >= 0.6 is 11.8 Å². The Bertz CT molecular complexity index is 1060. The Balaban J connectivity index is 1.79. The lowest BCUT2D eigenvalue weighted by Gasteiger charge is -2.12. The van der Waals surface area contributed by atoms with Gasteiger partial charge in [0.25, 0.3) is 0 Å². The summed E-state index contributed by atoms with van der Waals surface area (Å²) >= 11 is 1.65. The molecule has 34 heavy (non-hydrogen) atoms. The van der Waals surface area contributed by atoms with Crippen LogP contribution in [-0.2, 0) is 14.3 Å². The highest BCUT2D eigenvalue weighted by molar-refractivity contribution is 7.98. The number of thioether (sulfide) groups is 1. The Morgan fingerprint density at radius 2 is 1.71 bits per heavy atom. The fourth-order valence-corrected chi connectivity index (χ4v) is 4.14. The first-order chi connectivity index (χ1) is 16.4. The smallest absolute Gasteiger partial charge is 0.307 e. The minimum Gasteiger partial charge on any atom is -0.488 e. The number of hydrogen-bond donors (Lipinski definition) is 2. The molecule has 0 amide bonds. The highest BCUT2D eigenvalue weighted by Gasteiger charge is 2.27. The van der Waals surface area contributed by atoms with E-state index in [1.807, 2.05) is 43.5 Å². The van der Waals surface area contributed by atoms with Crippen LogP contribution in [0.4, 0.5) is 4.39 Å². The average molecular weight is 489 g/mol. The summed E-state index contributed by atoms with van der Waals surface area (Å²) in [5.41, 5.74) is 4.55. The van der Waals surface area contributed by atoms with Crippen LogP contribution in [-0.4, -0.2) is 62.1 Å². The van der Waals surface area contributed by atoms with Crippen LogP contribution in [0, 0.1) is 5.82 Å². The molecular weight excluding hydrogens is 459 g/mol. The monoisotopic (exact) mass is 488 g/mol. The van der Waals surface area contributed by atoms with Crippen molar-refractivity contribution < 1.29 is 33.6 Å². The van der Waals surface area contributed by atoms with Crippen LogP contribution in [0.25, 0.3) is 17.2 Å². The minimum atomic E-state index is -0.950. The van der Waals surface area contributed by atoms with E-state index in [1.54, 1.807) is 17.8 Å². The molecule has 0 fully saturated rings. The second-order valence-corrected chi connectivity index (χ2v) is 8.51. The minimum absolute atomic E-state index is 0.0420. The van der Waals surface area contributed by atoms with Crippen LogP contribution in [0.5, 0.6) is 5.75 Å². The van der Waals surface area contributed by atoms with Gasteiger partial charge < -0.3 is 24.4 Å². The van der Waals surface area contributed by atoms with E-state index in [-0.39, 0.29) is 38.6 Å². The number of aliphatic carboxylic acids is 1. The van der Waals surface area contributed by atoms with E-state index in [0.29, 0.717) is 29.9 Å². The van der Waals surface area contributed by atoms with Crippen molar-refractivity contribution in [3.8, 4) is 5.75 Å². The van der Waals surface area contributed by atoms with Gasteiger partial charge in [0.2, 0.25) is 0 Å². The number of rotatable bonds is 13. The third-order valence-corrected chi connectivity index (χ3v) is 6.14. The van der Waals surface area contributed by atoms with Gasteiger partial charge >= 0.3 is 5.97 Å². The van der Waals surface area contributed by atoms with Gasteiger partial charge in [-0.2, -0.15) is 0 Å². The lowest BCUT2D eigenvalue weighted by molar-refractivity contribution is -0.135. The molecule has 0 spiro atoms. The van der Waals surface area contributed by atoms with Crippen LogP contribution in [0.15, 0.2) is 46.9 Å². The number of ether oxygens (including phenoxy) is 3. The Morgan fingerprint density at radius 1 is 1.03 bits per heavy atom. The molecule has 2 aromatic carbocycles. The van der Waals surface area contributed by atoms with Crippen molar-refractivity contribution in [1.82, 2.24) is 0 Å². The molecule has 182 valence electrons. The summed E-state index contributed by atoms with van der Waals surface area (Å²) in [7, 11) is 0. The second kappa shape index (κ2) is 12.7. The first-order valence-corrected chi connectivity index (χ1v) is 12.2. The highest BCUT2D eigenvalue weighted by atomic mass is 32.2. The standard InChI is InChI=1S/C26H29FO6S/c1-17-20(13-18-3-5-19(34-2)6-4-18)22-14-24(27)25(15-23(22)21(17)16-26(29)30)33-12-11-32-10-9-31-8-7-28/h3-6,13-15,28H,7-12,16H2,1-2H3,(H,29,30)/b20-13+. The quantitative estimate of drug-likeness (QED) is 0.311. The van der Waals surface area contributed by atoms with E-state index in [2.05, 4.69) is 0 Å². The third-order valence-electron chi connectivity index (χ3n) is 5.39. The van der Waals surface area contributed by atoms with Crippen molar-refractivity contribution in [3.05, 3.63) is 64.5 Å². The molecule has 3 rings (SSSR count). The molecule has 0 bridgehead atoms. The van der Waals surface area contributed by atoms with Crippen molar-refractivity contribution in [2.24, 2.45) is 0 Å². The Morgan fingerprint density at radius 3 is 2.35 bits per heavy atom. The summed E-state index contributed by atoms with van der Waals surface area (Å²) in [5.74, 6) is -1.41. The fraction of sp³-hybridized carbons (Fsp3) is 0.346. The molecule has 0 atom stereocenters. The maximum Gasteiger partial charge on any atom is 0.307 e. The second-order valence-electron chi connectivity index (χ2n) is 7.63. The number of allylic oxidation sites excluding steroid dienone is 2. The summed E-state index contributed by atoms with van der Waals surface area (Å²) in [6.07, 6.45) is 3.80. The molecule has 0 heterocycles. The molecule has 1 aliphatic carbocycles. The number of carbonyl (C=O) groups is 1. The van der Waals surface area contributed by atoms with Crippen molar-refractivity contribution >= 4 is 35.0 Å². The number of carboxylic acid groups (broad SMARTS) is 1. The summed E-state index contributed by atoms with van der Waals surface area (Å²) in [6, 6.07) is 11.0. The lowest BCUT2D eigenvalue weighted by Crippen LogP contribution is -2.12. The van der Waals surface area contributed by atoms with E-state index in [1.165, 1.54) is 6.07 Å². The van der Waals surface area contributed by atoms with Gasteiger partial charge in [-0.3, -0.25) is 4.79 Å². The van der Waals surface area contributed by atoms with Crippen LogP contribution < -0.4 is 4.74 Å². The Labute approximate surface area is 203 Å². The molecule has 1 aliphatic rings. The molecule has 0 saturated carbocycles. The average Bonchev–Trinajstić information content (AvgIpc) is 3.06. The number of fused-ring (bicyclic) bond motifs is 1. The van der Waals surface area contributed by atoms with Crippen LogP contribution in [0.2, 0.25) is 0 Å². The fourth-order valence-electron chi connectivity index (χ4n) is 3.73. The number of carboxylic acids is 1. The molecule has 0 saturated heterocycles. The van der Waals surface area contributed by atoms with Gasteiger partial charge in [0, 0.05) is 4.90 Å². The number of aliphatic hydroxyl groups is 1. The molecule has 2 aromatic rings. The maximum absolute atomic E-state index is 14.9. The summed E-state index contributed by atoms with van der Waals surface area (Å²) in [4.78, 5) is 12.7. The Hall–Kier alpha value is -2.65. The van der Waals surface area contributed by atoms with Gasteiger partial charge in [0.1, 0.15) is 6.61 Å². The van der Waals surface area contributed by atoms with E-state index < -0.39 is 11.8 Å². The zero-order chi connectivity index (χ0) is 24.5. The van der Waals surface area contributed by atoms with Crippen molar-refractivity contribution in [2.75, 3.05) is 45.9 Å². The normalized spacial score (nSPS) is 14.1. The first-order valence-electron chi connectivity index (χ1n) is 11.0.